The number of hydrogen-bond donors (Lipinski definition) is 1. The predicted octanol–water partition coefficient (Wildman–Crippen LogP) is 3.12. The number of fused-ring (bicyclic) bond motifs is 1. The number of thiophene rings is 1. The first-order valence-corrected chi connectivity index (χ1v) is 11.6. The van der Waals surface area contributed by atoms with Gasteiger partial charge in [-0.05, 0) is 24.5 Å². The van der Waals surface area contributed by atoms with Gasteiger partial charge in [-0.2, -0.15) is 0 Å². The summed E-state index contributed by atoms with van der Waals surface area (Å²) in [5.74, 6) is 0.619. The largest absolute Gasteiger partial charge is 0.351 e. The van der Waals surface area contributed by atoms with Crippen LogP contribution in [0, 0.1) is 0 Å². The molecule has 1 aromatic carbocycles. The maximum Gasteiger partial charge on any atom is 0.224 e. The third-order valence-electron chi connectivity index (χ3n) is 4.80. The van der Waals surface area contributed by atoms with Crippen LogP contribution in [-0.2, 0) is 16.4 Å². The van der Waals surface area contributed by atoms with Gasteiger partial charge in [-0.1, -0.05) is 30.3 Å². The maximum atomic E-state index is 11.6. The Morgan fingerprint density at radius 3 is 2.67 bits per heavy atom. The Hall–Kier alpha value is -2.03. The molecule has 6 nitrogen and oxygen atoms in total. The molecule has 4 rings (SSSR count). The van der Waals surface area contributed by atoms with Gasteiger partial charge in [-0.25, -0.2) is 22.7 Å². The SMILES string of the molecule is CS(=O)(=O)N1CCC(Nc2ncc3cc(Cc4ccccc4)sc3n2)CC1. The highest BCUT2D eigenvalue weighted by atomic mass is 32.2. The van der Waals surface area contributed by atoms with E-state index in [-0.39, 0.29) is 6.04 Å². The zero-order valence-corrected chi connectivity index (χ0v) is 16.8. The van der Waals surface area contributed by atoms with Crippen molar-refractivity contribution in [2.75, 3.05) is 24.7 Å². The van der Waals surface area contributed by atoms with Crippen LogP contribution in [0.4, 0.5) is 5.95 Å². The molecule has 1 aliphatic heterocycles. The number of piperidine rings is 1. The van der Waals surface area contributed by atoms with E-state index in [0.29, 0.717) is 19.0 Å². The van der Waals surface area contributed by atoms with E-state index in [1.165, 1.54) is 21.0 Å². The van der Waals surface area contributed by atoms with Gasteiger partial charge in [0.05, 0.1) is 6.26 Å². The van der Waals surface area contributed by atoms with E-state index >= 15 is 0 Å². The van der Waals surface area contributed by atoms with Gasteiger partial charge in [0.2, 0.25) is 16.0 Å². The second-order valence-corrected chi connectivity index (χ2v) is 10.0. The lowest BCUT2D eigenvalue weighted by molar-refractivity contribution is 0.331. The molecular weight excluding hydrogens is 380 g/mol. The first-order valence-electron chi connectivity index (χ1n) is 8.98. The monoisotopic (exact) mass is 402 g/mol. The molecule has 0 spiro atoms. The Morgan fingerprint density at radius 2 is 1.96 bits per heavy atom. The van der Waals surface area contributed by atoms with Crippen LogP contribution in [0.2, 0.25) is 0 Å². The van der Waals surface area contributed by atoms with Crippen LogP contribution in [-0.4, -0.2) is 48.1 Å². The third-order valence-corrected chi connectivity index (χ3v) is 7.15. The van der Waals surface area contributed by atoms with Crippen LogP contribution in [0.3, 0.4) is 0 Å². The van der Waals surface area contributed by atoms with Crippen molar-refractivity contribution in [3.05, 3.63) is 53.0 Å². The third kappa shape index (κ3) is 4.45. The van der Waals surface area contributed by atoms with E-state index in [0.717, 1.165) is 29.5 Å². The number of anilines is 1. The molecule has 0 radical (unpaired) electrons. The molecule has 142 valence electrons. The zero-order valence-electron chi connectivity index (χ0n) is 15.1. The highest BCUT2D eigenvalue weighted by Crippen LogP contribution is 2.27. The van der Waals surface area contributed by atoms with Gasteiger partial charge in [0.1, 0.15) is 4.83 Å². The molecule has 0 unspecified atom stereocenters. The van der Waals surface area contributed by atoms with E-state index in [4.69, 9.17) is 0 Å². The summed E-state index contributed by atoms with van der Waals surface area (Å²) in [6.07, 6.45) is 5.55. The van der Waals surface area contributed by atoms with Gasteiger partial charge < -0.3 is 5.32 Å². The Balaban J connectivity index is 1.43. The minimum Gasteiger partial charge on any atom is -0.351 e. The van der Waals surface area contributed by atoms with E-state index in [2.05, 4.69) is 45.6 Å². The molecule has 3 heterocycles. The Morgan fingerprint density at radius 1 is 1.22 bits per heavy atom. The fraction of sp³-hybridized carbons (Fsp3) is 0.368. The summed E-state index contributed by atoms with van der Waals surface area (Å²) in [5.41, 5.74) is 1.29. The molecule has 1 fully saturated rings. The maximum absolute atomic E-state index is 11.6. The van der Waals surface area contributed by atoms with Crippen molar-refractivity contribution >= 4 is 37.5 Å². The van der Waals surface area contributed by atoms with Crippen molar-refractivity contribution in [3.8, 4) is 0 Å². The number of nitrogens with zero attached hydrogens (tertiary/aromatic N) is 3. The van der Waals surface area contributed by atoms with E-state index < -0.39 is 10.0 Å². The summed E-state index contributed by atoms with van der Waals surface area (Å²) in [7, 11) is -3.10. The standard InChI is InChI=1S/C19H22N4O2S2/c1-27(24,25)23-9-7-16(8-10-23)21-19-20-13-15-12-17(26-18(15)22-19)11-14-5-3-2-4-6-14/h2-6,12-13,16H,7-11H2,1H3,(H,20,21,22). The average Bonchev–Trinajstić information content (AvgIpc) is 3.04. The lowest BCUT2D eigenvalue weighted by Crippen LogP contribution is -2.42. The minimum atomic E-state index is -3.10. The Labute approximate surface area is 163 Å². The van der Waals surface area contributed by atoms with Gasteiger partial charge in [0, 0.05) is 42.0 Å². The summed E-state index contributed by atoms with van der Waals surface area (Å²) >= 11 is 1.69. The normalized spacial score (nSPS) is 16.6. The lowest BCUT2D eigenvalue weighted by atomic mass is 10.1. The van der Waals surface area contributed by atoms with Gasteiger partial charge in [0.25, 0.3) is 0 Å². The number of sulfonamides is 1. The lowest BCUT2D eigenvalue weighted by Gasteiger charge is -2.30. The van der Waals surface area contributed by atoms with Crippen molar-refractivity contribution in [2.24, 2.45) is 0 Å². The smallest absolute Gasteiger partial charge is 0.224 e. The number of benzene rings is 1. The van der Waals surface area contributed by atoms with Crippen molar-refractivity contribution in [1.29, 1.82) is 0 Å². The molecule has 0 aliphatic carbocycles. The molecule has 1 aliphatic rings. The molecule has 0 saturated carbocycles. The summed E-state index contributed by atoms with van der Waals surface area (Å²) in [6.45, 7) is 1.08. The van der Waals surface area contributed by atoms with Gasteiger partial charge in [-0.3, -0.25) is 0 Å². The Bertz CT molecular complexity index is 1030. The molecule has 0 bridgehead atoms. The number of nitrogens with one attached hydrogen (secondary N) is 1. The molecule has 2 aromatic heterocycles. The fourth-order valence-corrected chi connectivity index (χ4v) is 5.26. The second kappa shape index (κ2) is 7.53. The molecule has 1 saturated heterocycles. The summed E-state index contributed by atoms with van der Waals surface area (Å²) in [4.78, 5) is 11.4. The van der Waals surface area contributed by atoms with E-state index in [1.54, 1.807) is 11.3 Å². The number of rotatable bonds is 5. The van der Waals surface area contributed by atoms with Crippen LogP contribution in [0.1, 0.15) is 23.3 Å². The molecule has 3 aromatic rings. The fourth-order valence-electron chi connectivity index (χ4n) is 3.35. The van der Waals surface area contributed by atoms with Gasteiger partial charge in [0.15, 0.2) is 0 Å². The molecule has 0 atom stereocenters. The first kappa shape index (κ1) is 18.3. The number of hydrogen-bond acceptors (Lipinski definition) is 6. The molecular formula is C19H22N4O2S2. The first-order chi connectivity index (χ1) is 13.0. The van der Waals surface area contributed by atoms with Crippen molar-refractivity contribution in [2.45, 2.75) is 25.3 Å². The van der Waals surface area contributed by atoms with Crippen LogP contribution in [0.5, 0.6) is 0 Å². The quantitative estimate of drug-likeness (QED) is 0.710. The molecule has 27 heavy (non-hydrogen) atoms. The zero-order chi connectivity index (χ0) is 18.9. The minimum absolute atomic E-state index is 0.198. The molecule has 8 heteroatoms. The summed E-state index contributed by atoms with van der Waals surface area (Å²) in [5, 5.41) is 4.43. The highest BCUT2D eigenvalue weighted by molar-refractivity contribution is 7.88. The van der Waals surface area contributed by atoms with Crippen LogP contribution in [0.15, 0.2) is 42.6 Å². The van der Waals surface area contributed by atoms with Crippen LogP contribution >= 0.6 is 11.3 Å². The Kier molecular flexibility index (Phi) is 5.12. The van der Waals surface area contributed by atoms with E-state index in [1.807, 2.05) is 12.3 Å². The predicted molar refractivity (Wildman–Crippen MR) is 110 cm³/mol. The van der Waals surface area contributed by atoms with Crippen LogP contribution < -0.4 is 5.32 Å². The summed E-state index contributed by atoms with van der Waals surface area (Å²) < 4.78 is 24.8. The molecule has 0 amide bonds. The van der Waals surface area contributed by atoms with E-state index in [9.17, 15) is 8.42 Å². The van der Waals surface area contributed by atoms with Crippen LogP contribution in [0.25, 0.3) is 10.2 Å². The average molecular weight is 403 g/mol. The number of aromatic nitrogens is 2. The van der Waals surface area contributed by atoms with Gasteiger partial charge in [-0.15, -0.1) is 11.3 Å². The highest BCUT2D eigenvalue weighted by Gasteiger charge is 2.25. The van der Waals surface area contributed by atoms with Crippen molar-refractivity contribution < 1.29 is 8.42 Å². The van der Waals surface area contributed by atoms with Crippen molar-refractivity contribution in [3.63, 3.8) is 0 Å². The second-order valence-electron chi connectivity index (χ2n) is 6.91. The van der Waals surface area contributed by atoms with Gasteiger partial charge >= 0.3 is 0 Å². The molecule has 1 N–H and O–H groups in total. The summed E-state index contributed by atoms with van der Waals surface area (Å²) in [6, 6.07) is 12.8. The topological polar surface area (TPSA) is 75.2 Å². The van der Waals surface area contributed by atoms with Crippen molar-refractivity contribution in [1.82, 2.24) is 14.3 Å².